The van der Waals surface area contributed by atoms with Gasteiger partial charge in [0, 0.05) is 31.9 Å². The van der Waals surface area contributed by atoms with Crippen LogP contribution in [0.1, 0.15) is 69.0 Å². The maximum Gasteiger partial charge on any atom is 0.226 e. The zero-order valence-electron chi connectivity index (χ0n) is 18.0. The van der Waals surface area contributed by atoms with Crippen molar-refractivity contribution in [3.8, 4) is 0 Å². The fraction of sp³-hybridized carbons (Fsp3) is 0.783. The van der Waals surface area contributed by atoms with Gasteiger partial charge in [0.05, 0.1) is 18.2 Å². The number of piperidine rings is 2. The molecule has 1 unspecified atom stereocenters. The molecule has 3 fully saturated rings. The summed E-state index contributed by atoms with van der Waals surface area (Å²) in [6.07, 6.45) is 13.2. The van der Waals surface area contributed by atoms with Crippen molar-refractivity contribution >= 4 is 11.9 Å². The molecule has 4 aliphatic rings. The van der Waals surface area contributed by atoms with Gasteiger partial charge in [-0.3, -0.25) is 9.69 Å². The number of carbonyl (C=O) groups is 1. The number of anilines is 1. The Morgan fingerprint density at radius 1 is 1.10 bits per heavy atom. The van der Waals surface area contributed by atoms with Gasteiger partial charge in [0.15, 0.2) is 0 Å². The summed E-state index contributed by atoms with van der Waals surface area (Å²) in [6, 6.07) is 0.705. The summed E-state index contributed by atoms with van der Waals surface area (Å²) in [7, 11) is 0. The van der Waals surface area contributed by atoms with E-state index in [1.807, 2.05) is 6.20 Å². The Bertz CT molecular complexity index is 771. The minimum atomic E-state index is -0.401. The number of nitrogens with zero attached hydrogens (tertiary/aromatic N) is 4. The van der Waals surface area contributed by atoms with Crippen molar-refractivity contribution in [3.05, 3.63) is 17.5 Å². The molecule has 30 heavy (non-hydrogen) atoms. The minimum Gasteiger partial charge on any atom is -0.368 e. The van der Waals surface area contributed by atoms with Crippen LogP contribution in [0, 0.1) is 5.92 Å². The van der Waals surface area contributed by atoms with Crippen LogP contribution in [0.2, 0.25) is 0 Å². The zero-order valence-corrected chi connectivity index (χ0v) is 18.0. The first-order valence-electron chi connectivity index (χ1n) is 11.9. The van der Waals surface area contributed by atoms with Crippen molar-refractivity contribution in [1.29, 1.82) is 0 Å². The van der Waals surface area contributed by atoms with Crippen LogP contribution in [0.25, 0.3) is 0 Å². The Hall–Kier alpha value is -1.73. The molecule has 1 atom stereocenters. The molecule has 1 spiro atoms. The standard InChI is InChI=1S/C23H35N5O2/c24-22-25-15-17-8-14-30-23(20(17)26-22)9-12-27(13-10-23)21(29)18-5-4-11-28(16-18)19-6-2-1-3-7-19/h15,18-19H,1-14,16H2,(H2,24,25,26). The SMILES string of the molecule is Nc1ncc2c(n1)C1(CCN(C(=O)C3CCCN(C4CCCCC4)C3)CC1)OCC2. The molecule has 7 nitrogen and oxygen atoms in total. The number of carbonyl (C=O) groups excluding carboxylic acids is 1. The van der Waals surface area contributed by atoms with Crippen LogP contribution in [-0.4, -0.2) is 64.5 Å². The monoisotopic (exact) mass is 413 g/mol. The highest BCUT2D eigenvalue weighted by Gasteiger charge is 2.44. The van der Waals surface area contributed by atoms with E-state index in [4.69, 9.17) is 10.5 Å². The summed E-state index contributed by atoms with van der Waals surface area (Å²) in [5, 5.41) is 0. The van der Waals surface area contributed by atoms with Gasteiger partial charge in [-0.15, -0.1) is 0 Å². The molecule has 0 bridgehead atoms. The lowest BCUT2D eigenvalue weighted by Gasteiger charge is -2.45. The molecule has 0 radical (unpaired) electrons. The van der Waals surface area contributed by atoms with Crippen LogP contribution in [0.3, 0.4) is 0 Å². The van der Waals surface area contributed by atoms with E-state index in [-0.39, 0.29) is 5.92 Å². The average Bonchev–Trinajstić information content (AvgIpc) is 2.80. The maximum absolute atomic E-state index is 13.4. The van der Waals surface area contributed by atoms with E-state index in [0.717, 1.165) is 63.0 Å². The molecular weight excluding hydrogens is 378 g/mol. The fourth-order valence-electron chi connectivity index (χ4n) is 6.14. The second kappa shape index (κ2) is 8.42. The van der Waals surface area contributed by atoms with Crippen LogP contribution in [0.5, 0.6) is 0 Å². The van der Waals surface area contributed by atoms with Gasteiger partial charge in [0.2, 0.25) is 11.9 Å². The molecule has 1 aromatic rings. The van der Waals surface area contributed by atoms with Crippen LogP contribution < -0.4 is 5.73 Å². The number of fused-ring (bicyclic) bond motifs is 2. The zero-order chi connectivity index (χ0) is 20.6. The topological polar surface area (TPSA) is 84.6 Å². The lowest BCUT2D eigenvalue weighted by atomic mass is 9.82. The molecule has 1 aliphatic carbocycles. The Kier molecular flexibility index (Phi) is 5.67. The van der Waals surface area contributed by atoms with Crippen molar-refractivity contribution in [2.45, 2.75) is 75.9 Å². The van der Waals surface area contributed by atoms with Crippen molar-refractivity contribution in [2.24, 2.45) is 5.92 Å². The van der Waals surface area contributed by atoms with E-state index in [0.29, 0.717) is 24.5 Å². The molecule has 5 rings (SSSR count). The third-order valence-electron chi connectivity index (χ3n) is 7.84. The van der Waals surface area contributed by atoms with E-state index in [1.165, 1.54) is 38.6 Å². The summed E-state index contributed by atoms with van der Waals surface area (Å²) < 4.78 is 6.27. The predicted octanol–water partition coefficient (Wildman–Crippen LogP) is 2.49. The highest BCUT2D eigenvalue weighted by atomic mass is 16.5. The molecule has 4 heterocycles. The van der Waals surface area contributed by atoms with Crippen LogP contribution in [-0.2, 0) is 21.6 Å². The number of aromatic nitrogens is 2. The normalized spacial score (nSPS) is 27.7. The van der Waals surface area contributed by atoms with Crippen LogP contribution >= 0.6 is 0 Å². The number of amides is 1. The molecule has 2 saturated heterocycles. The highest BCUT2D eigenvalue weighted by molar-refractivity contribution is 5.79. The number of nitrogens with two attached hydrogens (primary N) is 1. The molecule has 1 aromatic heterocycles. The number of nitrogen functional groups attached to an aromatic ring is 1. The minimum absolute atomic E-state index is 0.159. The Balaban J connectivity index is 1.23. The van der Waals surface area contributed by atoms with Crippen molar-refractivity contribution < 1.29 is 9.53 Å². The fourth-order valence-corrected chi connectivity index (χ4v) is 6.14. The van der Waals surface area contributed by atoms with E-state index in [2.05, 4.69) is 19.8 Å². The number of likely N-dealkylation sites (tertiary alicyclic amines) is 2. The molecule has 1 amide bonds. The summed E-state index contributed by atoms with van der Waals surface area (Å²) in [5.41, 5.74) is 7.57. The third-order valence-corrected chi connectivity index (χ3v) is 7.84. The maximum atomic E-state index is 13.4. The molecule has 1 saturated carbocycles. The predicted molar refractivity (Wildman–Crippen MR) is 115 cm³/mol. The average molecular weight is 414 g/mol. The number of rotatable bonds is 2. The van der Waals surface area contributed by atoms with E-state index < -0.39 is 5.60 Å². The summed E-state index contributed by atoms with van der Waals surface area (Å²) in [4.78, 5) is 26.8. The second-order valence-corrected chi connectivity index (χ2v) is 9.65. The number of hydrogen-bond donors (Lipinski definition) is 1. The molecule has 2 N–H and O–H groups in total. The lowest BCUT2D eigenvalue weighted by molar-refractivity contribution is -0.147. The molecular formula is C23H35N5O2. The van der Waals surface area contributed by atoms with Crippen LogP contribution in [0.15, 0.2) is 6.20 Å². The highest BCUT2D eigenvalue weighted by Crippen LogP contribution is 2.41. The molecule has 0 aromatic carbocycles. The van der Waals surface area contributed by atoms with Gasteiger partial charge in [-0.1, -0.05) is 19.3 Å². The first-order valence-corrected chi connectivity index (χ1v) is 11.9. The summed E-state index contributed by atoms with van der Waals surface area (Å²) in [5.74, 6) is 0.818. The lowest BCUT2D eigenvalue weighted by Crippen LogP contribution is -2.53. The summed E-state index contributed by atoms with van der Waals surface area (Å²) in [6.45, 7) is 4.29. The summed E-state index contributed by atoms with van der Waals surface area (Å²) >= 11 is 0. The van der Waals surface area contributed by atoms with Crippen molar-refractivity contribution in [1.82, 2.24) is 19.8 Å². The van der Waals surface area contributed by atoms with Gasteiger partial charge in [-0.25, -0.2) is 9.97 Å². The first kappa shape index (κ1) is 20.2. The van der Waals surface area contributed by atoms with E-state index in [9.17, 15) is 4.79 Å². The van der Waals surface area contributed by atoms with Gasteiger partial charge in [0.1, 0.15) is 5.60 Å². The Morgan fingerprint density at radius 2 is 1.90 bits per heavy atom. The van der Waals surface area contributed by atoms with Gasteiger partial charge in [-0.05, 0) is 57.1 Å². The smallest absolute Gasteiger partial charge is 0.226 e. The van der Waals surface area contributed by atoms with Crippen molar-refractivity contribution in [3.63, 3.8) is 0 Å². The molecule has 164 valence electrons. The van der Waals surface area contributed by atoms with Gasteiger partial charge >= 0.3 is 0 Å². The molecule has 7 heteroatoms. The first-order chi connectivity index (χ1) is 14.6. The Morgan fingerprint density at radius 3 is 2.70 bits per heavy atom. The van der Waals surface area contributed by atoms with E-state index >= 15 is 0 Å². The molecule has 3 aliphatic heterocycles. The quantitative estimate of drug-likeness (QED) is 0.802. The second-order valence-electron chi connectivity index (χ2n) is 9.65. The third kappa shape index (κ3) is 3.82. The number of hydrogen-bond acceptors (Lipinski definition) is 6. The van der Waals surface area contributed by atoms with Crippen molar-refractivity contribution in [2.75, 3.05) is 38.5 Å². The van der Waals surface area contributed by atoms with Gasteiger partial charge < -0.3 is 15.4 Å². The van der Waals surface area contributed by atoms with Gasteiger partial charge in [0.25, 0.3) is 0 Å². The van der Waals surface area contributed by atoms with Gasteiger partial charge in [-0.2, -0.15) is 0 Å². The Labute approximate surface area is 179 Å². The number of ether oxygens (including phenoxy) is 1. The largest absolute Gasteiger partial charge is 0.368 e. The van der Waals surface area contributed by atoms with E-state index in [1.54, 1.807) is 0 Å². The van der Waals surface area contributed by atoms with Crippen LogP contribution in [0.4, 0.5) is 5.95 Å².